The molecule has 2 aliphatic rings. The van der Waals surface area contributed by atoms with Crippen molar-refractivity contribution in [3.05, 3.63) is 88.1 Å². The highest BCUT2D eigenvalue weighted by molar-refractivity contribution is 6.54. The maximum Gasteiger partial charge on any atom is 0.278 e. The van der Waals surface area contributed by atoms with E-state index in [4.69, 9.17) is 31.5 Å². The van der Waals surface area contributed by atoms with Gasteiger partial charge in [-0.3, -0.25) is 14.6 Å². The molecule has 12 heteroatoms. The third-order valence-electron chi connectivity index (χ3n) is 8.25. The second kappa shape index (κ2) is 13.2. The lowest BCUT2D eigenvalue weighted by Gasteiger charge is -2.37. The molecular weight excluding hydrogens is 606 g/mol. The van der Waals surface area contributed by atoms with E-state index in [9.17, 15) is 4.79 Å². The molecule has 0 radical (unpaired) electrons. The van der Waals surface area contributed by atoms with Gasteiger partial charge in [0.25, 0.3) is 11.9 Å². The fraction of sp³-hybridized carbons (Fsp3) is 0.294. The van der Waals surface area contributed by atoms with Crippen molar-refractivity contribution >= 4 is 46.4 Å². The number of aryl methyl sites for hydroxylation is 1. The molecule has 3 heterocycles. The van der Waals surface area contributed by atoms with Crippen LogP contribution in [0.25, 0.3) is 0 Å². The molecule has 1 amide bonds. The number of piperazine rings is 1. The van der Waals surface area contributed by atoms with Gasteiger partial charge >= 0.3 is 0 Å². The van der Waals surface area contributed by atoms with Crippen LogP contribution in [0, 0.1) is 6.92 Å². The number of hydrogen-bond acceptors (Lipinski definition) is 10. The van der Waals surface area contributed by atoms with E-state index < -0.39 is 0 Å². The van der Waals surface area contributed by atoms with Gasteiger partial charge in [0.1, 0.15) is 11.5 Å². The predicted octanol–water partition coefficient (Wildman–Crippen LogP) is 4.88. The highest BCUT2D eigenvalue weighted by atomic mass is 35.5. The molecule has 1 saturated heterocycles. The number of nitrogens with zero attached hydrogens (tertiary/aromatic N) is 6. The standard InChI is InChI=1S/C34H36ClN7O4/c1-21-8-9-27-26(14-21)30(33(43)42(27)20-40-10-12-41(13-11-40)25-7-5-6-24(35)18-25)38-34-37-19-23(32(36)39-34)15-22-16-28(44-2)31(46-4)29(17-22)45-3/h5-9,14,16-19H,10-13,15,20H2,1-4H3,(H2,36,37,39)/b38-30-. The second-order valence-electron chi connectivity index (χ2n) is 11.2. The Morgan fingerprint density at radius 2 is 1.70 bits per heavy atom. The molecule has 1 fully saturated rings. The zero-order valence-corrected chi connectivity index (χ0v) is 27.0. The Balaban J connectivity index is 1.20. The van der Waals surface area contributed by atoms with E-state index in [1.165, 1.54) is 0 Å². The number of anilines is 3. The monoisotopic (exact) mass is 641 g/mol. The summed E-state index contributed by atoms with van der Waals surface area (Å²) in [5.74, 6) is 1.80. The highest BCUT2D eigenvalue weighted by Crippen LogP contribution is 2.39. The lowest BCUT2D eigenvalue weighted by Crippen LogP contribution is -2.51. The van der Waals surface area contributed by atoms with Crippen LogP contribution in [-0.4, -0.2) is 80.7 Å². The van der Waals surface area contributed by atoms with Gasteiger partial charge in [-0.1, -0.05) is 29.3 Å². The average molecular weight is 642 g/mol. The van der Waals surface area contributed by atoms with Crippen LogP contribution in [0.5, 0.6) is 17.2 Å². The predicted molar refractivity (Wildman–Crippen MR) is 180 cm³/mol. The Morgan fingerprint density at radius 3 is 2.35 bits per heavy atom. The molecule has 0 saturated carbocycles. The first-order valence-electron chi connectivity index (χ1n) is 14.9. The minimum atomic E-state index is -0.193. The third-order valence-corrected chi connectivity index (χ3v) is 8.48. The number of halogens is 1. The number of amides is 1. The first-order chi connectivity index (χ1) is 22.3. The molecule has 0 bridgehead atoms. The summed E-state index contributed by atoms with van der Waals surface area (Å²) in [6, 6.07) is 17.6. The van der Waals surface area contributed by atoms with Crippen LogP contribution in [0.3, 0.4) is 0 Å². The Kier molecular flexibility index (Phi) is 8.96. The van der Waals surface area contributed by atoms with E-state index >= 15 is 0 Å². The van der Waals surface area contributed by atoms with Gasteiger partial charge in [-0.25, -0.2) is 9.98 Å². The first kappa shape index (κ1) is 31.1. The second-order valence-corrected chi connectivity index (χ2v) is 11.7. The third kappa shape index (κ3) is 6.29. The molecule has 4 aromatic rings. The van der Waals surface area contributed by atoms with E-state index in [1.807, 2.05) is 55.5 Å². The number of methoxy groups -OCH3 is 3. The summed E-state index contributed by atoms with van der Waals surface area (Å²) in [4.78, 5) is 33.8. The van der Waals surface area contributed by atoms with Crippen molar-refractivity contribution < 1.29 is 19.0 Å². The molecule has 2 N–H and O–H groups in total. The van der Waals surface area contributed by atoms with Crippen molar-refractivity contribution in [2.24, 2.45) is 4.99 Å². The number of rotatable bonds is 9. The van der Waals surface area contributed by atoms with E-state index in [0.29, 0.717) is 41.6 Å². The summed E-state index contributed by atoms with van der Waals surface area (Å²) in [5.41, 5.74) is 12.0. The lowest BCUT2D eigenvalue weighted by atomic mass is 10.1. The first-order valence-corrected chi connectivity index (χ1v) is 15.3. The Morgan fingerprint density at radius 1 is 0.957 bits per heavy atom. The maximum absolute atomic E-state index is 13.9. The zero-order chi connectivity index (χ0) is 32.4. The van der Waals surface area contributed by atoms with Gasteiger partial charge in [0, 0.05) is 60.6 Å². The van der Waals surface area contributed by atoms with Crippen LogP contribution >= 0.6 is 11.6 Å². The number of nitrogen functional groups attached to an aromatic ring is 1. The quantitative estimate of drug-likeness (QED) is 0.273. The number of aliphatic imine (C=N–C) groups is 1. The fourth-order valence-electron chi connectivity index (χ4n) is 5.85. The van der Waals surface area contributed by atoms with E-state index in [1.54, 1.807) is 32.4 Å². The van der Waals surface area contributed by atoms with Crippen molar-refractivity contribution in [2.45, 2.75) is 13.3 Å². The summed E-state index contributed by atoms with van der Waals surface area (Å²) in [7, 11) is 4.70. The normalized spacial score (nSPS) is 15.8. The number of ether oxygens (including phenoxy) is 3. The molecule has 0 unspecified atom stereocenters. The summed E-state index contributed by atoms with van der Waals surface area (Å²) in [6.07, 6.45) is 2.07. The Hall–Kier alpha value is -4.87. The number of carbonyl (C=O) groups excluding carboxylic acids is 1. The Labute approximate surface area is 273 Å². The zero-order valence-electron chi connectivity index (χ0n) is 26.3. The average Bonchev–Trinajstić information content (AvgIpc) is 3.30. The molecule has 11 nitrogen and oxygen atoms in total. The van der Waals surface area contributed by atoms with Gasteiger partial charge in [0.15, 0.2) is 11.5 Å². The molecule has 2 aliphatic heterocycles. The topological polar surface area (TPSA) is 119 Å². The van der Waals surface area contributed by atoms with Gasteiger partial charge < -0.3 is 24.8 Å². The summed E-state index contributed by atoms with van der Waals surface area (Å²) in [6.45, 7) is 5.72. The number of aromatic nitrogens is 2. The number of benzene rings is 3. The molecule has 0 aliphatic carbocycles. The van der Waals surface area contributed by atoms with Crippen molar-refractivity contribution in [1.82, 2.24) is 14.9 Å². The van der Waals surface area contributed by atoms with Crippen LogP contribution in [0.15, 0.2) is 65.8 Å². The van der Waals surface area contributed by atoms with Crippen molar-refractivity contribution in [1.29, 1.82) is 0 Å². The van der Waals surface area contributed by atoms with Crippen LogP contribution in [0.4, 0.5) is 23.1 Å². The number of hydrogen-bond donors (Lipinski definition) is 1. The maximum atomic E-state index is 13.9. The van der Waals surface area contributed by atoms with Crippen molar-refractivity contribution in [2.75, 3.05) is 69.7 Å². The molecule has 1 aromatic heterocycles. The molecule has 6 rings (SSSR count). The fourth-order valence-corrected chi connectivity index (χ4v) is 6.04. The largest absolute Gasteiger partial charge is 0.493 e. The molecule has 46 heavy (non-hydrogen) atoms. The number of carbonyl (C=O) groups is 1. The van der Waals surface area contributed by atoms with Gasteiger partial charge in [0.2, 0.25) is 5.75 Å². The van der Waals surface area contributed by atoms with Gasteiger partial charge in [-0.05, 0) is 55.0 Å². The highest BCUT2D eigenvalue weighted by Gasteiger charge is 2.36. The molecule has 3 aromatic carbocycles. The molecule has 0 atom stereocenters. The Bertz CT molecular complexity index is 1780. The lowest BCUT2D eigenvalue weighted by molar-refractivity contribution is -0.112. The SMILES string of the molecule is COc1cc(Cc2cnc(/N=C3\C(=O)N(CN4CCN(c5cccc(Cl)c5)CC4)c4ccc(C)cc43)nc2N)cc(OC)c1OC. The van der Waals surface area contributed by atoms with E-state index in [0.717, 1.165) is 59.3 Å². The minimum absolute atomic E-state index is 0.124. The summed E-state index contributed by atoms with van der Waals surface area (Å²) >= 11 is 6.21. The van der Waals surface area contributed by atoms with Crippen LogP contribution < -0.4 is 29.7 Å². The molecular formula is C34H36ClN7O4. The van der Waals surface area contributed by atoms with Crippen LogP contribution in [0.2, 0.25) is 5.02 Å². The van der Waals surface area contributed by atoms with Crippen LogP contribution in [0.1, 0.15) is 22.3 Å². The molecule has 0 spiro atoms. The summed E-state index contributed by atoms with van der Waals surface area (Å²) < 4.78 is 16.4. The molecule has 238 valence electrons. The van der Waals surface area contributed by atoms with E-state index in [2.05, 4.69) is 30.8 Å². The number of fused-ring (bicyclic) bond motifs is 1. The van der Waals surface area contributed by atoms with Gasteiger partial charge in [0.05, 0.1) is 33.7 Å². The van der Waals surface area contributed by atoms with Crippen LogP contribution in [-0.2, 0) is 11.2 Å². The van der Waals surface area contributed by atoms with Gasteiger partial charge in [-0.2, -0.15) is 4.98 Å². The van der Waals surface area contributed by atoms with Crippen molar-refractivity contribution in [3.8, 4) is 17.2 Å². The minimum Gasteiger partial charge on any atom is -0.493 e. The summed E-state index contributed by atoms with van der Waals surface area (Å²) in [5, 5.41) is 0.722. The van der Waals surface area contributed by atoms with E-state index in [-0.39, 0.29) is 17.7 Å². The smallest absolute Gasteiger partial charge is 0.278 e. The number of nitrogens with two attached hydrogens (primary N) is 1. The van der Waals surface area contributed by atoms with Gasteiger partial charge in [-0.15, -0.1) is 0 Å². The van der Waals surface area contributed by atoms with Crippen molar-refractivity contribution in [3.63, 3.8) is 0 Å².